The molecular weight excluding hydrogens is 895 g/mol. The summed E-state index contributed by atoms with van der Waals surface area (Å²) < 4.78 is 9.28. The second kappa shape index (κ2) is 21.7. The van der Waals surface area contributed by atoms with E-state index in [4.69, 9.17) is 0 Å². The SMILES string of the molecule is CCCC(=O)Nc1cc(C(=O)Nc2cc(C(=O)Nc3cc(C(=O)NCCCC(=O)Nc4cn(C)c(C(=O)Nc5cn(C)c(C(=O)NCCC(=O)Nc6cn(C)c(C)n6)n5)n4)n(C)c3)n(C)c2)n(C)c1. The first-order valence-corrected chi connectivity index (χ1v) is 21.7. The summed E-state index contributed by atoms with van der Waals surface area (Å²) in [6.07, 6.45) is 10.7. The average Bonchev–Trinajstić information content (AvgIpc) is 4.13. The number of nitrogens with zero attached hydrogens (tertiary/aromatic N) is 9. The number of carbonyl (C=O) groups excluding carboxylic acids is 8. The summed E-state index contributed by atoms with van der Waals surface area (Å²) >= 11 is 0. The number of hydrogen-bond donors (Lipinski definition) is 8. The minimum Gasteiger partial charge on any atom is -0.351 e. The fraction of sp³-hybridized carbons (Fsp3) is 0.341. The van der Waals surface area contributed by atoms with Crippen LogP contribution in [-0.4, -0.2) is 103 Å². The largest absolute Gasteiger partial charge is 0.351 e. The molecule has 0 fully saturated rings. The quantitative estimate of drug-likeness (QED) is 0.0515. The van der Waals surface area contributed by atoms with E-state index in [1.165, 1.54) is 33.7 Å². The van der Waals surface area contributed by atoms with Gasteiger partial charge in [0.2, 0.25) is 29.4 Å². The van der Waals surface area contributed by atoms with Crippen LogP contribution in [0.5, 0.6) is 0 Å². The van der Waals surface area contributed by atoms with E-state index < -0.39 is 35.4 Å². The first-order chi connectivity index (χ1) is 32.8. The van der Waals surface area contributed by atoms with Crippen LogP contribution in [0.1, 0.15) is 97.6 Å². The molecule has 6 aromatic heterocycles. The Balaban J connectivity index is 0.914. The number of nitrogens with one attached hydrogen (secondary N) is 8. The lowest BCUT2D eigenvalue weighted by Gasteiger charge is -2.06. The fourth-order valence-electron chi connectivity index (χ4n) is 7.00. The Hall–Kier alpha value is -8.77. The molecule has 8 amide bonds. The fourth-order valence-corrected chi connectivity index (χ4v) is 7.00. The van der Waals surface area contributed by atoms with Crippen molar-refractivity contribution in [3.8, 4) is 0 Å². The van der Waals surface area contributed by atoms with Crippen molar-refractivity contribution >= 4 is 81.8 Å². The van der Waals surface area contributed by atoms with Crippen LogP contribution in [0.15, 0.2) is 55.4 Å². The molecule has 0 unspecified atom stereocenters. The molecule has 0 spiro atoms. The van der Waals surface area contributed by atoms with Gasteiger partial charge in [-0.05, 0) is 38.0 Å². The number of hydrogen-bond acceptors (Lipinski definition) is 11. The van der Waals surface area contributed by atoms with Crippen LogP contribution in [0, 0.1) is 6.92 Å². The monoisotopic (exact) mass is 949 g/mol. The first kappa shape index (κ1) is 49.7. The highest BCUT2D eigenvalue weighted by atomic mass is 16.2. The normalized spacial score (nSPS) is 10.9. The van der Waals surface area contributed by atoms with Gasteiger partial charge >= 0.3 is 0 Å². The van der Waals surface area contributed by atoms with Crippen molar-refractivity contribution in [2.45, 2.75) is 46.0 Å². The lowest BCUT2D eigenvalue weighted by Crippen LogP contribution is -2.29. The molecule has 6 rings (SSSR count). The lowest BCUT2D eigenvalue weighted by molar-refractivity contribution is -0.117. The second-order valence-corrected chi connectivity index (χ2v) is 16.2. The maximum atomic E-state index is 13.3. The molecule has 0 aliphatic heterocycles. The summed E-state index contributed by atoms with van der Waals surface area (Å²) in [4.78, 5) is 115. The van der Waals surface area contributed by atoms with E-state index in [2.05, 4.69) is 57.5 Å². The van der Waals surface area contributed by atoms with Gasteiger partial charge in [-0.1, -0.05) is 6.92 Å². The van der Waals surface area contributed by atoms with Crippen molar-refractivity contribution in [3.05, 3.63) is 89.9 Å². The van der Waals surface area contributed by atoms with E-state index >= 15 is 0 Å². The summed E-state index contributed by atoms with van der Waals surface area (Å²) in [5.41, 5.74) is 2.01. The maximum absolute atomic E-state index is 13.3. The molecule has 0 atom stereocenters. The van der Waals surface area contributed by atoms with Gasteiger partial charge in [0, 0.05) is 112 Å². The lowest BCUT2D eigenvalue weighted by atomic mass is 10.3. The topological polar surface area (TPSA) is 301 Å². The van der Waals surface area contributed by atoms with Crippen LogP contribution in [0.4, 0.5) is 34.5 Å². The average molecular weight is 950 g/mol. The molecule has 0 saturated carbocycles. The van der Waals surface area contributed by atoms with Gasteiger partial charge in [0.15, 0.2) is 17.5 Å². The Bertz CT molecular complexity index is 2920. The van der Waals surface area contributed by atoms with Crippen molar-refractivity contribution in [1.82, 2.24) is 53.0 Å². The van der Waals surface area contributed by atoms with Crippen LogP contribution in [0.2, 0.25) is 0 Å². The third-order valence-electron chi connectivity index (χ3n) is 10.5. The van der Waals surface area contributed by atoms with Gasteiger partial charge in [-0.25, -0.2) is 15.0 Å². The van der Waals surface area contributed by atoms with E-state index in [1.807, 2.05) is 6.92 Å². The molecule has 8 N–H and O–H groups in total. The van der Waals surface area contributed by atoms with Gasteiger partial charge in [0.25, 0.3) is 29.5 Å². The number of aromatic nitrogens is 9. The molecule has 6 heterocycles. The van der Waals surface area contributed by atoms with Crippen molar-refractivity contribution in [2.75, 3.05) is 45.0 Å². The van der Waals surface area contributed by atoms with Crippen molar-refractivity contribution in [2.24, 2.45) is 42.3 Å². The Morgan fingerprint density at radius 3 is 1.39 bits per heavy atom. The van der Waals surface area contributed by atoms with Gasteiger partial charge in [-0.2, -0.15) is 0 Å². The van der Waals surface area contributed by atoms with Gasteiger partial charge in [-0.3, -0.25) is 38.4 Å². The molecule has 69 heavy (non-hydrogen) atoms. The number of aryl methyl sites for hydroxylation is 7. The van der Waals surface area contributed by atoms with E-state index in [0.717, 1.165) is 5.82 Å². The molecule has 25 heteroatoms. The standard InChI is InChI=1S/C44H55N17O8/c1-9-11-35(62)48-26-16-30(58(5)19-26)41(66)50-28-18-31(59(6)21-28)42(67)49-27-17-29(57(4)20-27)40(65)45-14-10-12-36(63)52-33-23-61(8)39(53-33)44(69)55-34-24-60(7)38(54-34)43(68)46-15-13-37(64)51-32-22-56(3)25(2)47-32/h16-24H,9-15H2,1-8H3,(H,45,65)(H,46,68)(H,48,62)(H,49,67)(H,50,66)(H,51,64)(H,52,63)(H,55,69). The molecule has 0 aromatic carbocycles. The summed E-state index contributed by atoms with van der Waals surface area (Å²) in [6.45, 7) is 3.88. The molecule has 0 bridgehead atoms. The minimum absolute atomic E-state index is 0.00357. The third-order valence-corrected chi connectivity index (χ3v) is 10.5. The van der Waals surface area contributed by atoms with E-state index in [-0.39, 0.29) is 78.8 Å². The molecule has 25 nitrogen and oxygen atoms in total. The zero-order valence-corrected chi connectivity index (χ0v) is 39.4. The van der Waals surface area contributed by atoms with Crippen molar-refractivity contribution in [3.63, 3.8) is 0 Å². The molecule has 6 aromatic rings. The Kier molecular flexibility index (Phi) is 15.6. The Morgan fingerprint density at radius 1 is 0.435 bits per heavy atom. The predicted molar refractivity (Wildman–Crippen MR) is 254 cm³/mol. The number of imidazole rings is 3. The first-order valence-electron chi connectivity index (χ1n) is 21.7. The molecule has 0 aliphatic rings. The Labute approximate surface area is 395 Å². The highest BCUT2D eigenvalue weighted by Gasteiger charge is 2.22. The molecule has 364 valence electrons. The summed E-state index contributed by atoms with van der Waals surface area (Å²) in [5.74, 6) is -2.18. The zero-order valence-electron chi connectivity index (χ0n) is 39.4. The number of anilines is 6. The van der Waals surface area contributed by atoms with Crippen molar-refractivity contribution in [1.29, 1.82) is 0 Å². The predicted octanol–water partition coefficient (Wildman–Crippen LogP) is 2.61. The maximum Gasteiger partial charge on any atom is 0.292 e. The van der Waals surface area contributed by atoms with Gasteiger partial charge in [0.1, 0.15) is 22.9 Å². The number of rotatable bonds is 20. The van der Waals surface area contributed by atoms with Crippen LogP contribution in [-0.2, 0) is 56.7 Å². The molecule has 0 radical (unpaired) electrons. The van der Waals surface area contributed by atoms with Crippen molar-refractivity contribution < 1.29 is 38.4 Å². The van der Waals surface area contributed by atoms with Crippen LogP contribution in [0.3, 0.4) is 0 Å². The highest BCUT2D eigenvalue weighted by Crippen LogP contribution is 2.20. The molecular formula is C44H55N17O8. The molecule has 0 saturated heterocycles. The zero-order chi connectivity index (χ0) is 50.1. The molecule has 0 aliphatic carbocycles. The van der Waals surface area contributed by atoms with Crippen LogP contribution in [0.25, 0.3) is 0 Å². The van der Waals surface area contributed by atoms with Crippen LogP contribution >= 0.6 is 0 Å². The Morgan fingerprint density at radius 2 is 0.870 bits per heavy atom. The third kappa shape index (κ3) is 12.8. The van der Waals surface area contributed by atoms with E-state index in [1.54, 1.807) is 98.3 Å². The van der Waals surface area contributed by atoms with Crippen LogP contribution < -0.4 is 42.5 Å². The highest BCUT2D eigenvalue weighted by molar-refractivity contribution is 6.08. The van der Waals surface area contributed by atoms with Gasteiger partial charge in [-0.15, -0.1) is 0 Å². The smallest absolute Gasteiger partial charge is 0.292 e. The van der Waals surface area contributed by atoms with E-state index in [0.29, 0.717) is 41.4 Å². The summed E-state index contributed by atoms with van der Waals surface area (Å²) in [5, 5.41) is 21.6. The van der Waals surface area contributed by atoms with Gasteiger partial charge in [0.05, 0.1) is 17.1 Å². The second-order valence-electron chi connectivity index (χ2n) is 16.2. The number of amides is 8. The summed E-state index contributed by atoms with van der Waals surface area (Å²) in [7, 11) is 9.92. The minimum atomic E-state index is -0.652. The van der Waals surface area contributed by atoms with Gasteiger partial charge < -0.3 is 69.9 Å². The number of carbonyl (C=O) groups is 8. The summed E-state index contributed by atoms with van der Waals surface area (Å²) in [6, 6.07) is 4.59. The van der Waals surface area contributed by atoms with E-state index in [9.17, 15) is 38.4 Å².